The zero-order chi connectivity index (χ0) is 22.9. The van der Waals surface area contributed by atoms with Gasteiger partial charge >= 0.3 is 6.18 Å². The van der Waals surface area contributed by atoms with Crippen molar-refractivity contribution in [1.29, 1.82) is 0 Å². The third-order valence-corrected chi connectivity index (χ3v) is 5.70. The lowest BCUT2D eigenvalue weighted by Crippen LogP contribution is -2.26. The summed E-state index contributed by atoms with van der Waals surface area (Å²) < 4.78 is 42.0. The molecule has 164 valence electrons. The lowest BCUT2D eigenvalue weighted by Gasteiger charge is -2.13. The predicted octanol–water partition coefficient (Wildman–Crippen LogP) is 5.91. The summed E-state index contributed by atoms with van der Waals surface area (Å²) in [6.45, 7) is 1.99. The van der Waals surface area contributed by atoms with Crippen LogP contribution < -0.4 is 5.32 Å². The summed E-state index contributed by atoms with van der Waals surface area (Å²) in [6.07, 6.45) is -3.86. The van der Waals surface area contributed by atoms with Gasteiger partial charge in [-0.1, -0.05) is 35.9 Å². The number of aromatic nitrogens is 3. The number of hydrogen-bond acceptors (Lipinski definition) is 4. The standard InChI is InChI=1S/C22H16ClF3N4OS/c1-13-29-19(12-32-13)15-4-2-14(3-5-15)10-27-21(31)18-11-28-30(20(18)22(24,25)26)17-8-6-16(23)7-9-17/h2-9,11-12H,10H2,1H3,(H,27,31). The molecular formula is C22H16ClF3N4OS. The third kappa shape index (κ3) is 4.68. The van der Waals surface area contributed by atoms with E-state index in [-0.39, 0.29) is 12.2 Å². The lowest BCUT2D eigenvalue weighted by molar-refractivity contribution is -0.143. The van der Waals surface area contributed by atoms with Gasteiger partial charge in [0, 0.05) is 22.5 Å². The zero-order valence-electron chi connectivity index (χ0n) is 16.7. The molecule has 0 spiro atoms. The molecule has 0 aliphatic heterocycles. The highest BCUT2D eigenvalue weighted by atomic mass is 35.5. The minimum absolute atomic E-state index is 0.0681. The number of thiazole rings is 1. The smallest absolute Gasteiger partial charge is 0.348 e. The molecule has 2 heterocycles. The van der Waals surface area contributed by atoms with Crippen molar-refractivity contribution in [1.82, 2.24) is 20.1 Å². The zero-order valence-corrected chi connectivity index (χ0v) is 18.2. The number of nitrogens with one attached hydrogen (secondary N) is 1. The minimum Gasteiger partial charge on any atom is -0.348 e. The summed E-state index contributed by atoms with van der Waals surface area (Å²) in [5.74, 6) is -0.864. The fraction of sp³-hybridized carbons (Fsp3) is 0.136. The van der Waals surface area contributed by atoms with E-state index in [1.54, 1.807) is 23.5 Å². The molecule has 2 aromatic heterocycles. The van der Waals surface area contributed by atoms with Gasteiger partial charge in [0.2, 0.25) is 0 Å². The Kier molecular flexibility index (Phi) is 6.03. The Morgan fingerprint density at radius 1 is 1.12 bits per heavy atom. The molecule has 2 aromatic carbocycles. The molecule has 0 bridgehead atoms. The average Bonchev–Trinajstić information content (AvgIpc) is 3.40. The van der Waals surface area contributed by atoms with E-state index in [1.165, 1.54) is 24.3 Å². The second-order valence-corrected chi connectivity index (χ2v) is 8.42. The van der Waals surface area contributed by atoms with Crippen molar-refractivity contribution in [2.75, 3.05) is 0 Å². The van der Waals surface area contributed by atoms with Crippen LogP contribution in [-0.2, 0) is 12.7 Å². The summed E-state index contributed by atoms with van der Waals surface area (Å²) in [5.41, 5.74) is 0.968. The van der Waals surface area contributed by atoms with E-state index in [1.807, 2.05) is 24.4 Å². The van der Waals surface area contributed by atoms with Crippen LogP contribution >= 0.6 is 22.9 Å². The fourth-order valence-corrected chi connectivity index (χ4v) is 3.88. The van der Waals surface area contributed by atoms with E-state index in [4.69, 9.17) is 11.6 Å². The van der Waals surface area contributed by atoms with E-state index in [0.29, 0.717) is 9.70 Å². The molecule has 5 nitrogen and oxygen atoms in total. The molecule has 0 atom stereocenters. The van der Waals surface area contributed by atoms with Gasteiger partial charge in [0.25, 0.3) is 5.91 Å². The summed E-state index contributed by atoms with van der Waals surface area (Å²) in [5, 5.41) is 9.61. The molecule has 4 aromatic rings. The fourth-order valence-electron chi connectivity index (χ4n) is 3.13. The predicted molar refractivity (Wildman–Crippen MR) is 117 cm³/mol. The van der Waals surface area contributed by atoms with Crippen LogP contribution in [0, 0.1) is 6.92 Å². The summed E-state index contributed by atoms with van der Waals surface area (Å²) >= 11 is 7.36. The molecule has 0 saturated carbocycles. The van der Waals surface area contributed by atoms with Crippen LogP contribution in [0.15, 0.2) is 60.1 Å². The van der Waals surface area contributed by atoms with Gasteiger partial charge in [-0.3, -0.25) is 4.79 Å². The van der Waals surface area contributed by atoms with Crippen LogP contribution in [0.1, 0.15) is 26.6 Å². The largest absolute Gasteiger partial charge is 0.434 e. The van der Waals surface area contributed by atoms with Crippen LogP contribution in [0.3, 0.4) is 0 Å². The number of alkyl halides is 3. The number of carbonyl (C=O) groups is 1. The van der Waals surface area contributed by atoms with Crippen molar-refractivity contribution in [3.8, 4) is 16.9 Å². The maximum atomic E-state index is 13.8. The molecule has 0 saturated heterocycles. The number of amides is 1. The van der Waals surface area contributed by atoms with E-state index in [2.05, 4.69) is 15.4 Å². The number of nitrogens with zero attached hydrogens (tertiary/aromatic N) is 3. The number of rotatable bonds is 5. The second kappa shape index (κ2) is 8.76. The van der Waals surface area contributed by atoms with Gasteiger partial charge in [0.05, 0.1) is 28.1 Å². The van der Waals surface area contributed by atoms with Crippen molar-refractivity contribution in [2.45, 2.75) is 19.6 Å². The molecule has 0 aliphatic carbocycles. The van der Waals surface area contributed by atoms with Crippen LogP contribution in [0.2, 0.25) is 5.02 Å². The molecular weight excluding hydrogens is 461 g/mol. The Morgan fingerprint density at radius 2 is 1.81 bits per heavy atom. The van der Waals surface area contributed by atoms with Crippen LogP contribution in [-0.4, -0.2) is 20.7 Å². The highest BCUT2D eigenvalue weighted by Crippen LogP contribution is 2.34. The second-order valence-electron chi connectivity index (χ2n) is 6.92. The van der Waals surface area contributed by atoms with Crippen LogP contribution in [0.5, 0.6) is 0 Å². The number of benzene rings is 2. The molecule has 0 unspecified atom stereocenters. The Hall–Kier alpha value is -3.17. The molecule has 1 N–H and O–H groups in total. The van der Waals surface area contributed by atoms with Gasteiger partial charge in [-0.05, 0) is 36.8 Å². The van der Waals surface area contributed by atoms with E-state index in [0.717, 1.165) is 28.0 Å². The Bertz CT molecular complexity index is 1250. The highest BCUT2D eigenvalue weighted by Gasteiger charge is 2.40. The van der Waals surface area contributed by atoms with Crippen LogP contribution in [0.25, 0.3) is 16.9 Å². The van der Waals surface area contributed by atoms with Gasteiger partial charge in [0.15, 0.2) is 5.69 Å². The molecule has 0 fully saturated rings. The lowest BCUT2D eigenvalue weighted by atomic mass is 10.1. The van der Waals surface area contributed by atoms with E-state index >= 15 is 0 Å². The number of carbonyl (C=O) groups excluding carboxylic acids is 1. The van der Waals surface area contributed by atoms with Crippen molar-refractivity contribution >= 4 is 28.8 Å². The van der Waals surface area contributed by atoms with Crippen LogP contribution in [0.4, 0.5) is 13.2 Å². The molecule has 1 amide bonds. The molecule has 10 heteroatoms. The number of hydrogen-bond donors (Lipinski definition) is 1. The van der Waals surface area contributed by atoms with E-state index < -0.39 is 23.3 Å². The Balaban J connectivity index is 1.52. The summed E-state index contributed by atoms with van der Waals surface area (Å²) in [4.78, 5) is 17.0. The summed E-state index contributed by atoms with van der Waals surface area (Å²) in [6, 6.07) is 13.0. The molecule has 0 radical (unpaired) electrons. The van der Waals surface area contributed by atoms with Gasteiger partial charge in [-0.15, -0.1) is 11.3 Å². The molecule has 4 rings (SSSR count). The normalized spacial score (nSPS) is 11.5. The third-order valence-electron chi connectivity index (χ3n) is 4.68. The average molecular weight is 477 g/mol. The number of halogens is 4. The Morgan fingerprint density at radius 3 is 2.41 bits per heavy atom. The molecule has 0 aliphatic rings. The van der Waals surface area contributed by atoms with Crippen molar-refractivity contribution in [3.05, 3.63) is 87.0 Å². The quantitative estimate of drug-likeness (QED) is 0.390. The number of aryl methyl sites for hydroxylation is 1. The van der Waals surface area contributed by atoms with Gasteiger partial charge in [0.1, 0.15) is 0 Å². The van der Waals surface area contributed by atoms with Crippen molar-refractivity contribution in [2.24, 2.45) is 0 Å². The first-order valence-corrected chi connectivity index (χ1v) is 10.7. The SMILES string of the molecule is Cc1nc(-c2ccc(CNC(=O)c3cnn(-c4ccc(Cl)cc4)c3C(F)(F)F)cc2)cs1. The topological polar surface area (TPSA) is 59.8 Å². The van der Waals surface area contributed by atoms with E-state index in [9.17, 15) is 18.0 Å². The van der Waals surface area contributed by atoms with Gasteiger partial charge in [-0.25, -0.2) is 9.67 Å². The van der Waals surface area contributed by atoms with Gasteiger partial charge < -0.3 is 5.32 Å². The Labute approximate surface area is 190 Å². The maximum absolute atomic E-state index is 13.8. The first-order valence-electron chi connectivity index (χ1n) is 9.43. The van der Waals surface area contributed by atoms with Crippen molar-refractivity contribution < 1.29 is 18.0 Å². The molecule has 32 heavy (non-hydrogen) atoms. The highest BCUT2D eigenvalue weighted by molar-refractivity contribution is 7.09. The van der Waals surface area contributed by atoms with Crippen molar-refractivity contribution in [3.63, 3.8) is 0 Å². The summed E-state index contributed by atoms with van der Waals surface area (Å²) in [7, 11) is 0. The first kappa shape index (κ1) is 22.0. The van der Waals surface area contributed by atoms with Gasteiger partial charge in [-0.2, -0.15) is 18.3 Å². The minimum atomic E-state index is -4.78. The first-order chi connectivity index (χ1) is 15.2. The monoisotopic (exact) mass is 476 g/mol. The maximum Gasteiger partial charge on any atom is 0.434 e.